The number of aromatic nitrogens is 2. The lowest BCUT2D eigenvalue weighted by molar-refractivity contribution is -0.121. The van der Waals surface area contributed by atoms with Crippen molar-refractivity contribution < 1.29 is 28.7 Å². The van der Waals surface area contributed by atoms with Crippen molar-refractivity contribution in [1.82, 2.24) is 20.6 Å². The predicted octanol–water partition coefficient (Wildman–Crippen LogP) is 8.64. The molecule has 0 aliphatic carbocycles. The smallest absolute Gasteiger partial charge is 0.408 e. The molecule has 0 saturated carbocycles. The number of anilines is 2. The van der Waals surface area contributed by atoms with Crippen LogP contribution in [-0.4, -0.2) is 70.3 Å². The maximum Gasteiger partial charge on any atom is 0.408 e. The minimum absolute atomic E-state index is 0.133. The van der Waals surface area contributed by atoms with E-state index in [1.165, 1.54) is 6.33 Å². The van der Waals surface area contributed by atoms with Gasteiger partial charge in [0.2, 0.25) is 11.8 Å². The molecule has 0 spiro atoms. The molecule has 7 rings (SSSR count). The summed E-state index contributed by atoms with van der Waals surface area (Å²) in [7, 11) is 0. The average Bonchev–Trinajstić information content (AvgIpc) is 3.84. The average molecular weight is 890 g/mol. The monoisotopic (exact) mass is 888 g/mol. The number of hydrogen-bond donors (Lipinski definition) is 2. The Morgan fingerprint density at radius 1 is 0.623 bits per heavy atom. The highest BCUT2D eigenvalue weighted by atomic mass is 79.9. The van der Waals surface area contributed by atoms with E-state index >= 15 is 0 Å². The standard InChI is InChI=1S/C26H28N4O3.C22H25BrN2O3/c1-26(2,3)33-25(32)29-22(13-18-7-5-4-6-8-18)24(31)30-12-11-19-9-10-20(14-23(19)30)21-15-27-17-28-16-21;1-22(2,3)28-21(27)24-18(13-15-7-5-4-6-8-15)20(26)25-12-11-16-9-10-17(23)14-19(16)25/h4-10,14-17,22H,11-13H2,1-3H3,(H,29,32);4-10,14,18H,11-13H2,1-3H3,(H,24,27)/t22-;18-/m00/s1. The minimum atomic E-state index is -0.753. The Bertz CT molecular complexity index is 2310. The lowest BCUT2D eigenvalue weighted by Crippen LogP contribution is -2.50. The van der Waals surface area contributed by atoms with Gasteiger partial charge in [0, 0.05) is 59.7 Å². The summed E-state index contributed by atoms with van der Waals surface area (Å²) in [6.07, 6.45) is 6.13. The number of benzene rings is 4. The summed E-state index contributed by atoms with van der Waals surface area (Å²) in [6, 6.07) is 29.9. The molecule has 318 valence electrons. The number of nitrogens with zero attached hydrogens (tertiary/aromatic N) is 4. The van der Waals surface area contributed by atoms with Crippen molar-refractivity contribution in [1.29, 1.82) is 0 Å². The van der Waals surface area contributed by atoms with Gasteiger partial charge < -0.3 is 29.9 Å². The first-order valence-corrected chi connectivity index (χ1v) is 21.2. The summed E-state index contributed by atoms with van der Waals surface area (Å²) in [6.45, 7) is 12.0. The van der Waals surface area contributed by atoms with Crippen LogP contribution in [0.25, 0.3) is 11.1 Å². The van der Waals surface area contributed by atoms with E-state index in [0.717, 1.165) is 62.1 Å². The number of nitrogens with one attached hydrogen (secondary N) is 2. The summed E-state index contributed by atoms with van der Waals surface area (Å²) in [5, 5.41) is 5.58. The van der Waals surface area contributed by atoms with Gasteiger partial charge in [0.1, 0.15) is 29.6 Å². The number of fused-ring (bicyclic) bond motifs is 2. The number of hydrogen-bond acceptors (Lipinski definition) is 8. The third-order valence-corrected chi connectivity index (χ3v) is 10.4. The molecule has 2 aliphatic heterocycles. The Labute approximate surface area is 366 Å². The molecule has 0 saturated heterocycles. The third-order valence-electron chi connectivity index (χ3n) is 9.89. The van der Waals surface area contributed by atoms with Gasteiger partial charge in [-0.05, 0) is 100 Å². The first-order chi connectivity index (χ1) is 29.0. The van der Waals surface area contributed by atoms with Crippen molar-refractivity contribution in [3.05, 3.63) is 143 Å². The molecule has 0 radical (unpaired) electrons. The van der Waals surface area contributed by atoms with E-state index in [-0.39, 0.29) is 11.8 Å². The zero-order valence-corrected chi connectivity index (χ0v) is 37.1. The molecule has 1 aromatic heterocycles. The number of carbonyl (C=O) groups is 4. The van der Waals surface area contributed by atoms with Crippen molar-refractivity contribution in [2.75, 3.05) is 22.9 Å². The topological polar surface area (TPSA) is 143 Å². The largest absolute Gasteiger partial charge is 0.444 e. The molecule has 0 unspecified atom stereocenters. The zero-order valence-electron chi connectivity index (χ0n) is 35.5. The second kappa shape index (κ2) is 19.5. The minimum Gasteiger partial charge on any atom is -0.444 e. The molecule has 2 atom stereocenters. The van der Waals surface area contributed by atoms with Crippen LogP contribution in [0.1, 0.15) is 63.8 Å². The molecule has 4 aromatic carbocycles. The molecule has 13 heteroatoms. The van der Waals surface area contributed by atoms with Crippen molar-refractivity contribution in [3.8, 4) is 11.1 Å². The highest BCUT2D eigenvalue weighted by molar-refractivity contribution is 9.10. The quantitative estimate of drug-likeness (QED) is 0.150. The van der Waals surface area contributed by atoms with Crippen LogP contribution in [0.2, 0.25) is 0 Å². The van der Waals surface area contributed by atoms with Crippen LogP contribution >= 0.6 is 15.9 Å². The normalized spacial score (nSPS) is 14.1. The summed E-state index contributed by atoms with van der Waals surface area (Å²) >= 11 is 3.48. The fraction of sp³-hybridized carbons (Fsp3) is 0.333. The summed E-state index contributed by atoms with van der Waals surface area (Å²) < 4.78 is 11.7. The van der Waals surface area contributed by atoms with Crippen LogP contribution in [0, 0.1) is 0 Å². The maximum absolute atomic E-state index is 13.7. The van der Waals surface area contributed by atoms with Gasteiger partial charge >= 0.3 is 12.2 Å². The van der Waals surface area contributed by atoms with Crippen molar-refractivity contribution in [3.63, 3.8) is 0 Å². The molecular weight excluding hydrogens is 836 g/mol. The van der Waals surface area contributed by atoms with E-state index in [1.54, 1.807) is 63.7 Å². The van der Waals surface area contributed by atoms with Gasteiger partial charge in [0.15, 0.2) is 0 Å². The van der Waals surface area contributed by atoms with Gasteiger partial charge in [-0.2, -0.15) is 0 Å². The molecule has 4 amide bonds. The fourth-order valence-electron chi connectivity index (χ4n) is 7.19. The van der Waals surface area contributed by atoms with Crippen molar-refractivity contribution in [2.45, 2.75) is 90.5 Å². The van der Waals surface area contributed by atoms with E-state index in [1.807, 2.05) is 97.1 Å². The second-order valence-corrected chi connectivity index (χ2v) is 17.9. The molecule has 2 N–H and O–H groups in total. The van der Waals surface area contributed by atoms with Gasteiger partial charge in [-0.3, -0.25) is 9.59 Å². The lowest BCUT2D eigenvalue weighted by atomic mass is 10.0. The molecule has 61 heavy (non-hydrogen) atoms. The lowest BCUT2D eigenvalue weighted by Gasteiger charge is -2.27. The SMILES string of the molecule is CC(C)(C)OC(=O)N[C@@H](Cc1ccccc1)C(=O)N1CCc2ccc(-c3cncnc3)cc21.CC(C)(C)OC(=O)N[C@@H](Cc1ccccc1)C(=O)N1CCc2ccc(Br)cc21. The Morgan fingerprint density at radius 3 is 1.52 bits per heavy atom. The Hall–Kier alpha value is -6.08. The van der Waals surface area contributed by atoms with Crippen LogP contribution in [0.4, 0.5) is 21.0 Å². The second-order valence-electron chi connectivity index (χ2n) is 17.0. The van der Waals surface area contributed by atoms with Crippen LogP contribution < -0.4 is 20.4 Å². The Morgan fingerprint density at radius 2 is 1.07 bits per heavy atom. The fourth-order valence-corrected chi connectivity index (χ4v) is 7.54. The Kier molecular flexibility index (Phi) is 14.2. The molecular formula is C48H53BrN6O6. The molecule has 0 bridgehead atoms. The number of amides is 4. The molecule has 0 fully saturated rings. The summed E-state index contributed by atoms with van der Waals surface area (Å²) in [5.41, 5.74) is 6.45. The first kappa shape index (κ1) is 44.5. The third kappa shape index (κ3) is 12.5. The number of ether oxygens (including phenoxy) is 2. The van der Waals surface area contributed by atoms with Crippen LogP contribution in [0.15, 0.2) is 120 Å². The number of alkyl carbamates (subject to hydrolysis) is 2. The highest BCUT2D eigenvalue weighted by Gasteiger charge is 2.34. The van der Waals surface area contributed by atoms with Crippen molar-refractivity contribution >= 4 is 51.3 Å². The number of carbonyl (C=O) groups excluding carboxylic acids is 4. The highest BCUT2D eigenvalue weighted by Crippen LogP contribution is 2.34. The molecule has 5 aromatic rings. The van der Waals surface area contributed by atoms with Crippen molar-refractivity contribution in [2.24, 2.45) is 0 Å². The molecule has 3 heterocycles. The van der Waals surface area contributed by atoms with Crippen LogP contribution in [0.3, 0.4) is 0 Å². The molecule has 2 aliphatic rings. The van der Waals surface area contributed by atoms with E-state index < -0.39 is 35.5 Å². The molecule has 12 nitrogen and oxygen atoms in total. The predicted molar refractivity (Wildman–Crippen MR) is 240 cm³/mol. The van der Waals surface area contributed by atoms with E-state index in [4.69, 9.17) is 9.47 Å². The first-order valence-electron chi connectivity index (χ1n) is 20.4. The number of rotatable bonds is 9. The Balaban J connectivity index is 0.000000207. The zero-order chi connectivity index (χ0) is 43.7. The van der Waals surface area contributed by atoms with Gasteiger partial charge in [-0.15, -0.1) is 0 Å². The van der Waals surface area contributed by atoms with Gasteiger partial charge in [-0.1, -0.05) is 94.8 Å². The van der Waals surface area contributed by atoms with Crippen LogP contribution in [0.5, 0.6) is 0 Å². The van der Waals surface area contributed by atoms with Crippen LogP contribution in [-0.2, 0) is 44.7 Å². The van der Waals surface area contributed by atoms with E-state index in [2.05, 4.69) is 36.5 Å². The van der Waals surface area contributed by atoms with E-state index in [0.29, 0.717) is 25.9 Å². The van der Waals surface area contributed by atoms with E-state index in [9.17, 15) is 19.2 Å². The summed E-state index contributed by atoms with van der Waals surface area (Å²) in [4.78, 5) is 63.7. The summed E-state index contributed by atoms with van der Waals surface area (Å²) in [5.74, 6) is -0.295. The van der Waals surface area contributed by atoms with Gasteiger partial charge in [-0.25, -0.2) is 19.6 Å². The number of halogens is 1. The van der Waals surface area contributed by atoms with Gasteiger partial charge in [0.05, 0.1) is 0 Å². The maximum atomic E-state index is 13.7. The van der Waals surface area contributed by atoms with Gasteiger partial charge in [0.25, 0.3) is 0 Å².